The molecule has 110 valence electrons. The summed E-state index contributed by atoms with van der Waals surface area (Å²) in [7, 11) is -3.29. The zero-order valence-electron chi connectivity index (χ0n) is 12.0. The maximum atomic E-state index is 12.8. The van der Waals surface area contributed by atoms with Gasteiger partial charge in [-0.2, -0.15) is 4.31 Å². The minimum atomic E-state index is -3.29. The Hall–Kier alpha value is -0.870. The molecule has 1 heterocycles. The first kappa shape index (κ1) is 14.1. The van der Waals surface area contributed by atoms with Crippen LogP contribution in [0.5, 0.6) is 0 Å². The van der Waals surface area contributed by atoms with Crippen molar-refractivity contribution in [3.05, 3.63) is 29.3 Å². The second-order valence-electron chi connectivity index (χ2n) is 5.96. The average Bonchev–Trinajstić information content (AvgIpc) is 2.84. The first-order valence-corrected chi connectivity index (χ1v) is 9.24. The van der Waals surface area contributed by atoms with E-state index in [-0.39, 0.29) is 0 Å². The van der Waals surface area contributed by atoms with Gasteiger partial charge in [0.2, 0.25) is 10.0 Å². The number of rotatable bonds is 2. The highest BCUT2D eigenvalue weighted by Crippen LogP contribution is 2.27. The second-order valence-corrected chi connectivity index (χ2v) is 7.89. The molecule has 1 aliphatic carbocycles. The number of sulfonamides is 1. The van der Waals surface area contributed by atoms with Gasteiger partial charge in [0, 0.05) is 13.1 Å². The van der Waals surface area contributed by atoms with Crippen LogP contribution in [0, 0.1) is 0 Å². The first-order chi connectivity index (χ1) is 9.68. The molecule has 0 bridgehead atoms. The fourth-order valence-electron chi connectivity index (χ4n) is 3.32. The summed E-state index contributed by atoms with van der Waals surface area (Å²) in [5, 5.41) is 0. The molecule has 3 rings (SSSR count). The molecule has 0 spiro atoms. The average molecular weight is 293 g/mol. The Morgan fingerprint density at radius 2 is 1.45 bits per heavy atom. The van der Waals surface area contributed by atoms with Gasteiger partial charge in [0.15, 0.2) is 0 Å². The molecular formula is C16H23NO2S. The van der Waals surface area contributed by atoms with Crippen molar-refractivity contribution in [1.82, 2.24) is 4.31 Å². The lowest BCUT2D eigenvalue weighted by molar-refractivity contribution is 0.364. The van der Waals surface area contributed by atoms with Crippen LogP contribution in [0.2, 0.25) is 0 Å². The molecule has 1 saturated heterocycles. The van der Waals surface area contributed by atoms with Gasteiger partial charge in [-0.15, -0.1) is 0 Å². The van der Waals surface area contributed by atoms with Crippen molar-refractivity contribution in [2.24, 2.45) is 0 Å². The van der Waals surface area contributed by atoms with Gasteiger partial charge < -0.3 is 0 Å². The van der Waals surface area contributed by atoms with E-state index in [1.54, 1.807) is 10.4 Å². The van der Waals surface area contributed by atoms with Crippen LogP contribution >= 0.6 is 0 Å². The van der Waals surface area contributed by atoms with E-state index >= 15 is 0 Å². The summed E-state index contributed by atoms with van der Waals surface area (Å²) in [6.07, 6.45) is 8.80. The highest BCUT2D eigenvalue weighted by atomic mass is 32.2. The molecule has 0 atom stereocenters. The second kappa shape index (κ2) is 5.86. The van der Waals surface area contributed by atoms with Gasteiger partial charge in [0.05, 0.1) is 4.90 Å². The standard InChI is InChI=1S/C16H23NO2S/c18-20(19,17-11-4-2-1-3-5-12-17)16-10-9-14-7-6-8-15(14)13-16/h9-10,13H,1-8,11-12H2. The Kier molecular flexibility index (Phi) is 4.13. The molecule has 0 radical (unpaired) electrons. The zero-order valence-corrected chi connectivity index (χ0v) is 12.8. The van der Waals surface area contributed by atoms with Crippen molar-refractivity contribution in [2.75, 3.05) is 13.1 Å². The summed E-state index contributed by atoms with van der Waals surface area (Å²) >= 11 is 0. The number of fused-ring (bicyclic) bond motifs is 1. The molecule has 0 amide bonds. The number of hydrogen-bond donors (Lipinski definition) is 0. The lowest BCUT2D eigenvalue weighted by Gasteiger charge is -2.24. The lowest BCUT2D eigenvalue weighted by Crippen LogP contribution is -2.33. The fourth-order valence-corrected chi connectivity index (χ4v) is 4.88. The van der Waals surface area contributed by atoms with Gasteiger partial charge in [-0.1, -0.05) is 25.3 Å². The lowest BCUT2D eigenvalue weighted by atomic mass is 10.1. The Balaban J connectivity index is 1.86. The van der Waals surface area contributed by atoms with Crippen molar-refractivity contribution in [3.8, 4) is 0 Å². The largest absolute Gasteiger partial charge is 0.243 e. The first-order valence-electron chi connectivity index (χ1n) is 7.80. The third kappa shape index (κ3) is 2.77. The SMILES string of the molecule is O=S(=O)(c1ccc2c(c1)CCC2)N1CCCCCCC1. The molecule has 1 aliphatic heterocycles. The van der Waals surface area contributed by atoms with E-state index in [0.717, 1.165) is 44.9 Å². The topological polar surface area (TPSA) is 37.4 Å². The van der Waals surface area contributed by atoms with Crippen LogP contribution in [0.3, 0.4) is 0 Å². The monoisotopic (exact) mass is 293 g/mol. The van der Waals surface area contributed by atoms with E-state index < -0.39 is 10.0 Å². The van der Waals surface area contributed by atoms with E-state index in [1.165, 1.54) is 17.5 Å². The van der Waals surface area contributed by atoms with Gasteiger partial charge in [0.1, 0.15) is 0 Å². The zero-order chi connectivity index (χ0) is 14.0. The number of aryl methyl sites for hydroxylation is 2. The molecule has 20 heavy (non-hydrogen) atoms. The maximum Gasteiger partial charge on any atom is 0.243 e. The van der Waals surface area contributed by atoms with Gasteiger partial charge in [-0.3, -0.25) is 0 Å². The molecule has 0 aromatic heterocycles. The van der Waals surface area contributed by atoms with Crippen molar-refractivity contribution in [1.29, 1.82) is 0 Å². The third-order valence-corrected chi connectivity index (χ3v) is 6.42. The van der Waals surface area contributed by atoms with Crippen LogP contribution in [0.25, 0.3) is 0 Å². The summed E-state index contributed by atoms with van der Waals surface area (Å²) in [6.45, 7) is 1.36. The van der Waals surface area contributed by atoms with Crippen LogP contribution in [0.1, 0.15) is 49.7 Å². The Bertz CT molecular complexity index is 572. The molecule has 0 N–H and O–H groups in total. The van der Waals surface area contributed by atoms with E-state index in [2.05, 4.69) is 0 Å². The maximum absolute atomic E-state index is 12.8. The summed E-state index contributed by atoms with van der Waals surface area (Å²) in [5.41, 5.74) is 2.56. The van der Waals surface area contributed by atoms with Crippen LogP contribution in [-0.2, 0) is 22.9 Å². The van der Waals surface area contributed by atoms with Crippen LogP contribution in [0.4, 0.5) is 0 Å². The van der Waals surface area contributed by atoms with E-state index in [0.29, 0.717) is 18.0 Å². The molecule has 4 heteroatoms. The third-order valence-electron chi connectivity index (χ3n) is 4.52. The van der Waals surface area contributed by atoms with E-state index in [4.69, 9.17) is 0 Å². The molecule has 1 fully saturated rings. The van der Waals surface area contributed by atoms with Gasteiger partial charge in [-0.25, -0.2) is 8.42 Å². The summed E-state index contributed by atoms with van der Waals surface area (Å²) in [6, 6.07) is 5.73. The normalized spacial score (nSPS) is 21.2. The number of benzene rings is 1. The molecule has 3 nitrogen and oxygen atoms in total. The molecular weight excluding hydrogens is 270 g/mol. The Morgan fingerprint density at radius 1 is 0.800 bits per heavy atom. The molecule has 0 saturated carbocycles. The minimum Gasteiger partial charge on any atom is -0.207 e. The number of hydrogen-bond acceptors (Lipinski definition) is 2. The summed E-state index contributed by atoms with van der Waals surface area (Å²) < 4.78 is 27.3. The van der Waals surface area contributed by atoms with Gasteiger partial charge >= 0.3 is 0 Å². The molecule has 1 aromatic carbocycles. The summed E-state index contributed by atoms with van der Waals surface area (Å²) in [5.74, 6) is 0. The molecule has 1 aromatic rings. The number of nitrogens with zero attached hydrogens (tertiary/aromatic N) is 1. The fraction of sp³-hybridized carbons (Fsp3) is 0.625. The van der Waals surface area contributed by atoms with Crippen LogP contribution in [-0.4, -0.2) is 25.8 Å². The van der Waals surface area contributed by atoms with Crippen LogP contribution < -0.4 is 0 Å². The van der Waals surface area contributed by atoms with Crippen molar-refractivity contribution in [2.45, 2.75) is 56.3 Å². The van der Waals surface area contributed by atoms with E-state index in [9.17, 15) is 8.42 Å². The van der Waals surface area contributed by atoms with E-state index in [1.807, 2.05) is 12.1 Å². The smallest absolute Gasteiger partial charge is 0.207 e. The molecule has 2 aliphatic rings. The van der Waals surface area contributed by atoms with Crippen molar-refractivity contribution >= 4 is 10.0 Å². The predicted molar refractivity (Wildman–Crippen MR) is 80.3 cm³/mol. The van der Waals surface area contributed by atoms with Crippen molar-refractivity contribution in [3.63, 3.8) is 0 Å². The minimum absolute atomic E-state index is 0.499. The Morgan fingerprint density at radius 3 is 2.20 bits per heavy atom. The quantitative estimate of drug-likeness (QED) is 0.840. The van der Waals surface area contributed by atoms with Crippen molar-refractivity contribution < 1.29 is 8.42 Å². The highest BCUT2D eigenvalue weighted by molar-refractivity contribution is 7.89. The molecule has 0 unspecified atom stereocenters. The van der Waals surface area contributed by atoms with Gasteiger partial charge in [-0.05, 0) is 55.4 Å². The Labute approximate surface area is 122 Å². The van der Waals surface area contributed by atoms with Crippen LogP contribution in [0.15, 0.2) is 23.1 Å². The predicted octanol–water partition coefficient (Wildman–Crippen LogP) is 3.13. The highest BCUT2D eigenvalue weighted by Gasteiger charge is 2.25. The van der Waals surface area contributed by atoms with Gasteiger partial charge in [0.25, 0.3) is 0 Å². The summed E-state index contributed by atoms with van der Waals surface area (Å²) in [4.78, 5) is 0.499.